The molecule has 0 radical (unpaired) electrons. The Kier molecular flexibility index (Phi) is 4.13. The zero-order valence-corrected chi connectivity index (χ0v) is 12.5. The first-order chi connectivity index (χ1) is 10.6. The highest BCUT2D eigenvalue weighted by atomic mass is 16.4. The Morgan fingerprint density at radius 3 is 2.59 bits per heavy atom. The van der Waals surface area contributed by atoms with Gasteiger partial charge >= 0.3 is 5.97 Å². The van der Waals surface area contributed by atoms with Crippen LogP contribution in [-0.4, -0.2) is 40.5 Å². The largest absolute Gasteiger partial charge is 0.481 e. The number of carboxylic acids is 1. The van der Waals surface area contributed by atoms with Crippen molar-refractivity contribution in [1.82, 2.24) is 15.8 Å². The van der Waals surface area contributed by atoms with Gasteiger partial charge in [0, 0.05) is 18.6 Å². The van der Waals surface area contributed by atoms with Crippen molar-refractivity contribution in [1.29, 1.82) is 0 Å². The van der Waals surface area contributed by atoms with Gasteiger partial charge in [-0.2, -0.15) is 0 Å². The summed E-state index contributed by atoms with van der Waals surface area (Å²) >= 11 is 0. The minimum absolute atomic E-state index is 0.0119. The number of amides is 1. The summed E-state index contributed by atoms with van der Waals surface area (Å²) in [6.07, 6.45) is 1.20. The van der Waals surface area contributed by atoms with Crippen molar-refractivity contribution < 1.29 is 14.7 Å². The third-order valence-electron chi connectivity index (χ3n) is 4.76. The maximum absolute atomic E-state index is 12.6. The summed E-state index contributed by atoms with van der Waals surface area (Å²) in [5, 5.41) is 9.17. The monoisotopic (exact) mass is 303 g/mol. The van der Waals surface area contributed by atoms with Crippen molar-refractivity contribution in [3.05, 3.63) is 35.9 Å². The van der Waals surface area contributed by atoms with Crippen molar-refractivity contribution in [3.63, 3.8) is 0 Å². The van der Waals surface area contributed by atoms with Crippen LogP contribution in [0.25, 0.3) is 0 Å². The highest BCUT2D eigenvalue weighted by Gasteiger charge is 2.41. The van der Waals surface area contributed by atoms with Gasteiger partial charge in [0.25, 0.3) is 0 Å². The first-order valence-electron chi connectivity index (χ1n) is 7.67. The second kappa shape index (κ2) is 6.06. The molecule has 6 nitrogen and oxygen atoms in total. The van der Waals surface area contributed by atoms with E-state index in [4.69, 9.17) is 0 Å². The Morgan fingerprint density at radius 2 is 1.95 bits per heavy atom. The van der Waals surface area contributed by atoms with Gasteiger partial charge in [0.05, 0.1) is 5.92 Å². The smallest absolute Gasteiger partial charge is 0.308 e. The number of benzene rings is 1. The molecule has 1 amide bonds. The quantitative estimate of drug-likeness (QED) is 0.773. The van der Waals surface area contributed by atoms with Crippen LogP contribution in [0, 0.1) is 5.92 Å². The van der Waals surface area contributed by atoms with E-state index in [1.807, 2.05) is 37.3 Å². The molecule has 3 N–H and O–H groups in total. The van der Waals surface area contributed by atoms with E-state index in [1.165, 1.54) is 0 Å². The molecule has 2 saturated heterocycles. The molecule has 2 heterocycles. The van der Waals surface area contributed by atoms with E-state index < -0.39 is 11.9 Å². The third kappa shape index (κ3) is 2.71. The van der Waals surface area contributed by atoms with Crippen LogP contribution in [0.1, 0.15) is 31.4 Å². The first-order valence-corrected chi connectivity index (χ1v) is 7.67. The van der Waals surface area contributed by atoms with E-state index >= 15 is 0 Å². The highest BCUT2D eigenvalue weighted by Crippen LogP contribution is 2.28. The lowest BCUT2D eigenvalue weighted by Gasteiger charge is -2.26. The number of aliphatic carboxylic acids is 1. The molecule has 22 heavy (non-hydrogen) atoms. The average molecular weight is 303 g/mol. The molecule has 0 aromatic heterocycles. The summed E-state index contributed by atoms with van der Waals surface area (Å²) in [5.74, 6) is -1.28. The van der Waals surface area contributed by atoms with Gasteiger partial charge in [-0.1, -0.05) is 30.3 Å². The number of carbonyl (C=O) groups excluding carboxylic acids is 1. The lowest BCUT2D eigenvalue weighted by Crippen LogP contribution is -2.48. The molecule has 6 heteroatoms. The van der Waals surface area contributed by atoms with E-state index in [-0.39, 0.29) is 24.0 Å². The van der Waals surface area contributed by atoms with Gasteiger partial charge in [0.2, 0.25) is 5.91 Å². The highest BCUT2D eigenvalue weighted by molar-refractivity contribution is 5.84. The van der Waals surface area contributed by atoms with Crippen molar-refractivity contribution >= 4 is 11.9 Å². The van der Waals surface area contributed by atoms with E-state index in [0.717, 1.165) is 5.56 Å². The van der Waals surface area contributed by atoms with Gasteiger partial charge in [0.15, 0.2) is 0 Å². The topological polar surface area (TPSA) is 81.7 Å². The minimum Gasteiger partial charge on any atom is -0.481 e. The Balaban J connectivity index is 1.64. The van der Waals surface area contributed by atoms with Gasteiger partial charge in [0.1, 0.15) is 6.04 Å². The lowest BCUT2D eigenvalue weighted by molar-refractivity contribution is -0.143. The zero-order valence-electron chi connectivity index (χ0n) is 12.5. The van der Waals surface area contributed by atoms with Crippen LogP contribution >= 0.6 is 0 Å². The van der Waals surface area contributed by atoms with Crippen LogP contribution in [0.4, 0.5) is 0 Å². The van der Waals surface area contributed by atoms with E-state index in [0.29, 0.717) is 19.4 Å². The molecular formula is C16H21N3O3. The van der Waals surface area contributed by atoms with Gasteiger partial charge in [-0.25, -0.2) is 10.9 Å². The molecule has 2 aliphatic rings. The fourth-order valence-corrected chi connectivity index (χ4v) is 3.40. The fourth-order valence-electron chi connectivity index (χ4n) is 3.40. The van der Waals surface area contributed by atoms with Crippen LogP contribution < -0.4 is 10.9 Å². The van der Waals surface area contributed by atoms with Gasteiger partial charge in [-0.3, -0.25) is 9.59 Å². The molecule has 0 bridgehead atoms. The van der Waals surface area contributed by atoms with E-state index in [1.54, 1.807) is 4.90 Å². The van der Waals surface area contributed by atoms with Gasteiger partial charge in [-0.15, -0.1) is 0 Å². The van der Waals surface area contributed by atoms with E-state index in [2.05, 4.69) is 10.9 Å². The molecule has 2 aliphatic heterocycles. The molecule has 3 rings (SSSR count). The molecule has 0 aliphatic carbocycles. The Hall–Kier alpha value is -1.92. The van der Waals surface area contributed by atoms with Crippen LogP contribution in [0.3, 0.4) is 0 Å². The van der Waals surface area contributed by atoms with E-state index in [9.17, 15) is 14.7 Å². The summed E-state index contributed by atoms with van der Waals surface area (Å²) in [6, 6.07) is 9.53. The zero-order chi connectivity index (χ0) is 15.7. The fraction of sp³-hybridized carbons (Fsp3) is 0.500. The van der Waals surface area contributed by atoms with Crippen LogP contribution in [0.15, 0.2) is 30.3 Å². The molecule has 118 valence electrons. The number of likely N-dealkylation sites (tertiary alicyclic amines) is 1. The van der Waals surface area contributed by atoms with Gasteiger partial charge < -0.3 is 10.0 Å². The second-order valence-corrected chi connectivity index (χ2v) is 6.05. The minimum atomic E-state index is -0.817. The number of hydrazine groups is 1. The predicted octanol–water partition coefficient (Wildman–Crippen LogP) is 0.916. The third-order valence-corrected chi connectivity index (χ3v) is 4.76. The van der Waals surface area contributed by atoms with Crippen molar-refractivity contribution in [3.8, 4) is 0 Å². The Labute approximate surface area is 129 Å². The summed E-state index contributed by atoms with van der Waals surface area (Å²) in [7, 11) is 0. The van der Waals surface area contributed by atoms with Gasteiger partial charge in [-0.05, 0) is 25.3 Å². The number of carbonyl (C=O) groups is 2. The number of hydrogen-bond donors (Lipinski definition) is 3. The maximum Gasteiger partial charge on any atom is 0.308 e. The molecule has 0 spiro atoms. The summed E-state index contributed by atoms with van der Waals surface area (Å²) in [5.41, 5.74) is 7.36. The summed E-state index contributed by atoms with van der Waals surface area (Å²) < 4.78 is 0. The second-order valence-electron chi connectivity index (χ2n) is 6.05. The van der Waals surface area contributed by atoms with Crippen LogP contribution in [-0.2, 0) is 9.59 Å². The number of carboxylic acid groups (broad SMARTS) is 1. The summed E-state index contributed by atoms with van der Waals surface area (Å²) in [6.45, 7) is 2.34. The predicted molar refractivity (Wildman–Crippen MR) is 80.8 cm³/mol. The van der Waals surface area contributed by atoms with Crippen molar-refractivity contribution in [2.75, 3.05) is 6.54 Å². The number of nitrogens with zero attached hydrogens (tertiary/aromatic N) is 1. The SMILES string of the molecule is CC1C(C(=O)O)CCN1C(=O)C1CC(c2ccccc2)NN1. The van der Waals surface area contributed by atoms with Crippen molar-refractivity contribution in [2.45, 2.75) is 37.9 Å². The lowest BCUT2D eigenvalue weighted by atomic mass is 10.0. The maximum atomic E-state index is 12.6. The summed E-state index contributed by atoms with van der Waals surface area (Å²) in [4.78, 5) is 25.5. The molecule has 4 unspecified atom stereocenters. The number of rotatable bonds is 3. The molecule has 4 atom stereocenters. The normalized spacial score (nSPS) is 31.4. The molecular weight excluding hydrogens is 282 g/mol. The number of nitrogens with one attached hydrogen (secondary N) is 2. The average Bonchev–Trinajstić information content (AvgIpc) is 3.14. The molecule has 1 aromatic rings. The molecule has 1 aromatic carbocycles. The molecule has 2 fully saturated rings. The Morgan fingerprint density at radius 1 is 1.23 bits per heavy atom. The first kappa shape index (κ1) is 15.0. The molecule has 0 saturated carbocycles. The van der Waals surface area contributed by atoms with Crippen molar-refractivity contribution in [2.24, 2.45) is 5.92 Å². The number of hydrogen-bond acceptors (Lipinski definition) is 4. The Bertz CT molecular complexity index is 563. The standard InChI is InChI=1S/C16H21N3O3/c1-10-12(16(21)22)7-8-19(10)15(20)14-9-13(17-18-14)11-5-3-2-4-6-11/h2-6,10,12-14,17-18H,7-9H2,1H3,(H,21,22). The van der Waals surface area contributed by atoms with Crippen LogP contribution in [0.5, 0.6) is 0 Å². The van der Waals surface area contributed by atoms with Crippen LogP contribution in [0.2, 0.25) is 0 Å².